The molecule has 2 N–H and O–H groups in total. The Morgan fingerprint density at radius 1 is 1.23 bits per heavy atom. The number of benzene rings is 1. The molecule has 1 fully saturated rings. The Balaban J connectivity index is 1.83. The molecule has 3 aromatic rings. The van der Waals surface area contributed by atoms with Crippen LogP contribution in [0.4, 0.5) is 0 Å². The smallest absolute Gasteiger partial charge is 0.235 e. The number of aryl methyl sites for hydroxylation is 1. The molecule has 1 aromatic carbocycles. The van der Waals surface area contributed by atoms with Crippen LogP contribution in [-0.2, 0) is 6.42 Å². The molecule has 0 aliphatic carbocycles. The number of fused-ring (bicyclic) bond motifs is 1. The zero-order valence-electron chi connectivity index (χ0n) is 14.5. The predicted octanol–water partition coefficient (Wildman–Crippen LogP) is 3.52. The second-order valence-corrected chi connectivity index (χ2v) is 8.51. The van der Waals surface area contributed by atoms with Crippen molar-refractivity contribution in [3.8, 4) is 5.88 Å². The van der Waals surface area contributed by atoms with E-state index in [-0.39, 0.29) is 11.9 Å². The highest BCUT2D eigenvalue weighted by atomic mass is 35.5. The van der Waals surface area contributed by atoms with Crippen LogP contribution in [0.1, 0.15) is 48.5 Å². The summed E-state index contributed by atoms with van der Waals surface area (Å²) in [6.07, 6.45) is 4.39. The van der Waals surface area contributed by atoms with Crippen molar-refractivity contribution >= 4 is 39.5 Å². The zero-order valence-corrected chi connectivity index (χ0v) is 16.8. The monoisotopic (exact) mass is 411 g/mol. The van der Waals surface area contributed by atoms with Gasteiger partial charge in [-0.25, -0.2) is 4.98 Å². The SMILES string of the molecule is CCc1nc2sc(C(c3ccc(Cl)c(Cl)c3)[NH+]3CCCCC3)c(O)n2n1. The Hall–Kier alpha value is -1.34. The highest BCUT2D eigenvalue weighted by Gasteiger charge is 2.34. The third-order valence-corrected chi connectivity index (χ3v) is 6.83. The number of nitrogens with one attached hydrogen (secondary N) is 1. The highest BCUT2D eigenvalue weighted by molar-refractivity contribution is 7.17. The van der Waals surface area contributed by atoms with Crippen molar-refractivity contribution in [1.82, 2.24) is 14.6 Å². The van der Waals surface area contributed by atoms with Gasteiger partial charge in [-0.2, -0.15) is 4.52 Å². The molecular weight excluding hydrogens is 391 g/mol. The first-order valence-electron chi connectivity index (χ1n) is 8.95. The first kappa shape index (κ1) is 18.0. The summed E-state index contributed by atoms with van der Waals surface area (Å²) in [5.74, 6) is 0.931. The van der Waals surface area contributed by atoms with E-state index < -0.39 is 0 Å². The molecule has 5 nitrogen and oxygen atoms in total. The Bertz CT molecular complexity index is 933. The topological polar surface area (TPSA) is 54.9 Å². The summed E-state index contributed by atoms with van der Waals surface area (Å²) in [4.78, 5) is 7.57. The van der Waals surface area contributed by atoms with Gasteiger partial charge in [0, 0.05) is 12.0 Å². The summed E-state index contributed by atoms with van der Waals surface area (Å²) in [7, 11) is 0. The van der Waals surface area contributed by atoms with Crippen molar-refractivity contribution in [2.75, 3.05) is 13.1 Å². The van der Waals surface area contributed by atoms with Gasteiger partial charge in [0.25, 0.3) is 0 Å². The van der Waals surface area contributed by atoms with E-state index in [1.54, 1.807) is 4.52 Å². The number of halogens is 2. The molecule has 1 unspecified atom stereocenters. The molecule has 138 valence electrons. The van der Waals surface area contributed by atoms with Crippen LogP contribution in [-0.4, -0.2) is 32.8 Å². The number of hydrogen-bond donors (Lipinski definition) is 2. The minimum absolute atomic E-state index is 0.00337. The fraction of sp³-hybridized carbons (Fsp3) is 0.444. The number of rotatable bonds is 4. The van der Waals surface area contributed by atoms with Gasteiger partial charge in [-0.15, -0.1) is 5.10 Å². The number of quaternary nitrogens is 1. The maximum atomic E-state index is 10.9. The van der Waals surface area contributed by atoms with E-state index in [2.05, 4.69) is 10.1 Å². The molecule has 4 rings (SSSR count). The standard InChI is InChI=1S/C18H20Cl2N4OS/c1-2-14-21-18-24(22-14)17(25)16(26-18)15(23-8-4-3-5-9-23)11-6-7-12(19)13(20)10-11/h6-7,10,15,25H,2-5,8-9H2,1H3/p+1. The normalized spacial score (nSPS) is 17.0. The average Bonchev–Trinajstić information content (AvgIpc) is 3.19. The van der Waals surface area contributed by atoms with Gasteiger partial charge < -0.3 is 10.0 Å². The average molecular weight is 412 g/mol. The van der Waals surface area contributed by atoms with Gasteiger partial charge in [0.05, 0.1) is 23.1 Å². The molecule has 0 amide bonds. The molecule has 0 bridgehead atoms. The van der Waals surface area contributed by atoms with E-state index in [1.165, 1.54) is 35.5 Å². The number of likely N-dealkylation sites (tertiary alicyclic amines) is 1. The number of aromatic hydroxyl groups is 1. The molecule has 0 saturated carbocycles. The summed E-state index contributed by atoms with van der Waals surface area (Å²) < 4.78 is 1.56. The minimum Gasteiger partial charge on any atom is -0.492 e. The molecule has 3 heterocycles. The van der Waals surface area contributed by atoms with E-state index in [0.29, 0.717) is 10.0 Å². The first-order chi connectivity index (χ1) is 12.6. The molecule has 8 heteroatoms. The van der Waals surface area contributed by atoms with E-state index in [9.17, 15) is 5.11 Å². The summed E-state index contributed by atoms with van der Waals surface area (Å²) in [6, 6.07) is 5.76. The van der Waals surface area contributed by atoms with E-state index in [4.69, 9.17) is 23.2 Å². The van der Waals surface area contributed by atoms with Crippen molar-refractivity contribution < 1.29 is 10.0 Å². The summed E-state index contributed by atoms with van der Waals surface area (Å²) in [5.41, 5.74) is 1.06. The number of aromatic nitrogens is 3. The van der Waals surface area contributed by atoms with Crippen LogP contribution in [0.2, 0.25) is 10.0 Å². The zero-order chi connectivity index (χ0) is 18.3. The molecule has 0 spiro atoms. The lowest BCUT2D eigenvalue weighted by Crippen LogP contribution is -3.13. The Morgan fingerprint density at radius 3 is 2.65 bits per heavy atom. The van der Waals surface area contributed by atoms with Gasteiger partial charge >= 0.3 is 0 Å². The maximum absolute atomic E-state index is 10.9. The van der Waals surface area contributed by atoms with Crippen LogP contribution in [0.5, 0.6) is 5.88 Å². The third kappa shape index (κ3) is 3.20. The van der Waals surface area contributed by atoms with Gasteiger partial charge in [0.15, 0.2) is 11.9 Å². The van der Waals surface area contributed by atoms with Crippen molar-refractivity contribution in [3.63, 3.8) is 0 Å². The largest absolute Gasteiger partial charge is 0.492 e. The molecule has 26 heavy (non-hydrogen) atoms. The van der Waals surface area contributed by atoms with Crippen molar-refractivity contribution in [3.05, 3.63) is 44.5 Å². The molecule has 1 aliphatic rings. The van der Waals surface area contributed by atoms with Crippen LogP contribution in [0.25, 0.3) is 4.96 Å². The fourth-order valence-electron chi connectivity index (χ4n) is 3.69. The van der Waals surface area contributed by atoms with Gasteiger partial charge in [-0.3, -0.25) is 0 Å². The van der Waals surface area contributed by atoms with Crippen LogP contribution in [0.3, 0.4) is 0 Å². The second-order valence-electron chi connectivity index (χ2n) is 6.69. The van der Waals surface area contributed by atoms with Crippen LogP contribution >= 0.6 is 34.5 Å². The number of piperidine rings is 1. The number of nitrogens with zero attached hydrogens (tertiary/aromatic N) is 3. The number of hydrogen-bond acceptors (Lipinski definition) is 4. The molecule has 1 saturated heterocycles. The lowest BCUT2D eigenvalue weighted by Gasteiger charge is -2.31. The second kappa shape index (κ2) is 7.35. The predicted molar refractivity (Wildman–Crippen MR) is 105 cm³/mol. The van der Waals surface area contributed by atoms with Gasteiger partial charge in [-0.1, -0.05) is 47.5 Å². The summed E-state index contributed by atoms with van der Waals surface area (Å²) >= 11 is 13.9. The van der Waals surface area contributed by atoms with Gasteiger partial charge in [0.1, 0.15) is 4.88 Å². The van der Waals surface area contributed by atoms with E-state index in [1.807, 2.05) is 25.1 Å². The van der Waals surface area contributed by atoms with E-state index in [0.717, 1.165) is 40.7 Å². The van der Waals surface area contributed by atoms with E-state index >= 15 is 0 Å². The van der Waals surface area contributed by atoms with Crippen LogP contribution in [0.15, 0.2) is 18.2 Å². The first-order valence-corrected chi connectivity index (χ1v) is 10.5. The Morgan fingerprint density at radius 2 is 2.00 bits per heavy atom. The highest BCUT2D eigenvalue weighted by Crippen LogP contribution is 2.36. The lowest BCUT2D eigenvalue weighted by atomic mass is 10.0. The van der Waals surface area contributed by atoms with Crippen molar-refractivity contribution in [2.24, 2.45) is 0 Å². The van der Waals surface area contributed by atoms with Crippen molar-refractivity contribution in [2.45, 2.75) is 38.6 Å². The molecular formula is C18H21Cl2N4OS+. The Labute approximate surface area is 166 Å². The van der Waals surface area contributed by atoms with Crippen LogP contribution in [0, 0.1) is 0 Å². The minimum atomic E-state index is 0.00337. The van der Waals surface area contributed by atoms with Crippen molar-refractivity contribution in [1.29, 1.82) is 0 Å². The molecule has 0 radical (unpaired) electrons. The fourth-order valence-corrected chi connectivity index (χ4v) is 5.15. The van der Waals surface area contributed by atoms with Gasteiger partial charge in [-0.05, 0) is 31.4 Å². The summed E-state index contributed by atoms with van der Waals surface area (Å²) in [6.45, 7) is 4.14. The quantitative estimate of drug-likeness (QED) is 0.690. The van der Waals surface area contributed by atoms with Gasteiger partial charge in [0.2, 0.25) is 10.8 Å². The maximum Gasteiger partial charge on any atom is 0.235 e. The Kier molecular flexibility index (Phi) is 5.10. The molecule has 1 atom stereocenters. The molecule has 1 aliphatic heterocycles. The third-order valence-electron chi connectivity index (χ3n) is 5.00. The summed E-state index contributed by atoms with van der Waals surface area (Å²) in [5, 5.41) is 16.4. The number of thiazole rings is 1. The molecule has 2 aromatic heterocycles. The van der Waals surface area contributed by atoms with Crippen LogP contribution < -0.4 is 4.90 Å². The lowest BCUT2D eigenvalue weighted by molar-refractivity contribution is -0.929.